The van der Waals surface area contributed by atoms with Gasteiger partial charge in [-0.3, -0.25) is 24.4 Å². The molecule has 0 atom stereocenters. The van der Waals surface area contributed by atoms with Crippen LogP contribution in [0.5, 0.6) is 46.0 Å². The SMILES string of the molecule is COc1cc(/C=C2/C(C)=C(CC(=O)NCc3cccnc3)c3cc(F)ccc32)cc(OC)c1B(O)O.COc1ccc2c(c1)C(CC(=O)NCc1cccn1C)=C(C)/C2=C/c1cc(OC)c(B(O)O)c(OC)c1.COc1ccc2c(c1)C(CC(=O)NCc1cccnc1)=C(C)/C2=C/c1cc(OC)c(B(O)O)c(OC)c1. The predicted octanol–water partition coefficient (Wildman–Crippen LogP) is 8.54. The van der Waals surface area contributed by atoms with Gasteiger partial charge in [0, 0.05) is 56.8 Å². The number of nitrogens with zero attached hydrogens (tertiary/aromatic N) is 3. The van der Waals surface area contributed by atoms with Crippen molar-refractivity contribution < 1.29 is 86.8 Å². The van der Waals surface area contributed by atoms with Crippen molar-refractivity contribution in [2.24, 2.45) is 7.05 Å². The van der Waals surface area contributed by atoms with E-state index in [0.717, 1.165) is 106 Å². The summed E-state index contributed by atoms with van der Waals surface area (Å²) in [6, 6.07) is 37.7. The number of rotatable bonds is 26. The Bertz CT molecular complexity index is 5040. The molecule has 9 N–H and O–H groups in total. The van der Waals surface area contributed by atoms with E-state index in [9.17, 15) is 48.9 Å². The van der Waals surface area contributed by atoms with E-state index in [0.29, 0.717) is 65.3 Å². The van der Waals surface area contributed by atoms with Gasteiger partial charge in [0.05, 0.1) is 99.1 Å². The van der Waals surface area contributed by atoms with Crippen LogP contribution in [0.2, 0.25) is 0 Å². The molecule has 0 saturated carbocycles. The average Bonchev–Trinajstić information content (AvgIpc) is 1.59. The number of carbonyl (C=O) groups is 3. The molecule has 27 heteroatoms. The number of hydrogen-bond acceptors (Lipinski definition) is 19. The Kier molecular flexibility index (Phi) is 26.9. The zero-order valence-electron chi connectivity index (χ0n) is 63.1. The Morgan fingerprint density at radius 3 is 1.04 bits per heavy atom. The van der Waals surface area contributed by atoms with Gasteiger partial charge in [0.15, 0.2) is 0 Å². The first-order valence-electron chi connectivity index (χ1n) is 34.9. The van der Waals surface area contributed by atoms with Gasteiger partial charge in [-0.05, 0) is 247 Å². The summed E-state index contributed by atoms with van der Waals surface area (Å²) < 4.78 is 59.4. The third kappa shape index (κ3) is 18.6. The van der Waals surface area contributed by atoms with E-state index in [-0.39, 0.29) is 70.7 Å². The number of amides is 3. The van der Waals surface area contributed by atoms with Crippen molar-refractivity contribution >= 4 is 107 Å². The maximum atomic E-state index is 14.2. The summed E-state index contributed by atoms with van der Waals surface area (Å²) in [6.07, 6.45) is 15.1. The molecule has 3 aliphatic rings. The van der Waals surface area contributed by atoms with Crippen LogP contribution in [0.3, 0.4) is 0 Å². The van der Waals surface area contributed by atoms with E-state index in [1.54, 1.807) is 87.5 Å². The molecule has 0 unspecified atom stereocenters. The molecule has 0 aliphatic heterocycles. The number of hydrogen-bond donors (Lipinski definition) is 9. The first-order chi connectivity index (χ1) is 52.9. The van der Waals surface area contributed by atoms with Crippen molar-refractivity contribution in [1.29, 1.82) is 0 Å². The lowest BCUT2D eigenvalue weighted by Crippen LogP contribution is -2.32. The molecule has 566 valence electrons. The van der Waals surface area contributed by atoms with Gasteiger partial charge in [-0.25, -0.2) is 4.39 Å². The van der Waals surface area contributed by atoms with Gasteiger partial charge in [-0.1, -0.05) is 30.3 Å². The van der Waals surface area contributed by atoms with Gasteiger partial charge < -0.3 is 88.6 Å². The van der Waals surface area contributed by atoms with Gasteiger partial charge in [0.25, 0.3) is 0 Å². The second-order valence-corrected chi connectivity index (χ2v) is 25.8. The predicted molar refractivity (Wildman–Crippen MR) is 425 cm³/mol. The van der Waals surface area contributed by atoms with Crippen LogP contribution in [-0.2, 0) is 41.1 Å². The van der Waals surface area contributed by atoms with Crippen LogP contribution >= 0.6 is 0 Å². The molecule has 0 bridgehead atoms. The molecule has 9 aromatic rings. The van der Waals surface area contributed by atoms with Crippen LogP contribution in [0.25, 0.3) is 51.7 Å². The monoisotopic (exact) mass is 1490 g/mol. The van der Waals surface area contributed by atoms with E-state index in [2.05, 4.69) is 25.9 Å². The summed E-state index contributed by atoms with van der Waals surface area (Å²) >= 11 is 0. The summed E-state index contributed by atoms with van der Waals surface area (Å²) in [4.78, 5) is 46.8. The molecular formula is C83H86B3FN6O17. The zero-order chi connectivity index (χ0) is 79.0. The number of methoxy groups -OCH3 is 8. The lowest BCUT2D eigenvalue weighted by Gasteiger charge is -2.14. The van der Waals surface area contributed by atoms with Crippen LogP contribution in [0.15, 0.2) is 175 Å². The summed E-state index contributed by atoms with van der Waals surface area (Å²) in [5, 5.41) is 67.6. The van der Waals surface area contributed by atoms with E-state index >= 15 is 0 Å². The Balaban J connectivity index is 0.000000176. The molecular weight excluding hydrogens is 1400 g/mol. The molecule has 3 heterocycles. The second-order valence-electron chi connectivity index (χ2n) is 25.8. The number of benzene rings is 6. The standard InChI is InChI=1S/C28H31BN2O6.C28H29BN2O6.C27H26BFN2O5/c1-17-22(11-18-12-25(36-4)28(29(33)34)26(13-18)37-5)21-9-8-20(35-3)14-24(21)23(17)15-27(32)30-16-19-7-6-10-31(19)2;1-17-22(10-19-11-25(36-3)28(29(33)34)26(12-19)37-4)21-8-7-20(35-2)13-24(21)23(17)14-27(32)31-16-18-6-5-9-30-15-18;1-16-21(9-18-10-24(35-2)27(28(33)34)25(11-18)36-3)20-7-6-19(29)12-23(20)22(16)13-26(32)31-15-17-5-4-8-30-14-17/h6-14,33-34H,15-16H2,1-5H3,(H,30,32);5-13,15,33-34H,14,16H2,1-4H3,(H,31,32);4-12,14,33-34H,13,15H2,1-3H3,(H,31,32)/b22-11-;22-10-;21-9-. The summed E-state index contributed by atoms with van der Waals surface area (Å²) in [5.41, 5.74) is 18.8. The highest BCUT2D eigenvalue weighted by molar-refractivity contribution is 6.62. The molecule has 12 rings (SSSR count). The van der Waals surface area contributed by atoms with Gasteiger partial charge >= 0.3 is 21.4 Å². The number of allylic oxidation sites excluding steroid dienone is 6. The molecule has 0 fully saturated rings. The fourth-order valence-corrected chi connectivity index (χ4v) is 13.5. The van der Waals surface area contributed by atoms with Gasteiger partial charge in [-0.2, -0.15) is 0 Å². The lowest BCUT2D eigenvalue weighted by atomic mass is 9.78. The van der Waals surface area contributed by atoms with Crippen LogP contribution < -0.4 is 70.2 Å². The van der Waals surface area contributed by atoms with E-state index in [1.165, 1.54) is 54.8 Å². The number of aromatic nitrogens is 3. The Morgan fingerprint density at radius 1 is 0.418 bits per heavy atom. The van der Waals surface area contributed by atoms with E-state index in [4.69, 9.17) is 37.9 Å². The highest BCUT2D eigenvalue weighted by Gasteiger charge is 2.32. The van der Waals surface area contributed by atoms with Crippen molar-refractivity contribution in [3.8, 4) is 46.0 Å². The van der Waals surface area contributed by atoms with Crippen LogP contribution in [0, 0.1) is 5.82 Å². The van der Waals surface area contributed by atoms with Crippen molar-refractivity contribution in [3.05, 3.63) is 248 Å². The normalized spacial score (nSPS) is 13.5. The fourth-order valence-electron chi connectivity index (χ4n) is 13.5. The molecule has 6 aromatic carbocycles. The Morgan fingerprint density at radius 2 is 0.745 bits per heavy atom. The minimum Gasteiger partial charge on any atom is -0.497 e. The van der Waals surface area contributed by atoms with E-state index < -0.39 is 21.4 Å². The molecule has 0 spiro atoms. The zero-order valence-corrected chi connectivity index (χ0v) is 63.1. The molecule has 0 radical (unpaired) electrons. The highest BCUT2D eigenvalue weighted by atomic mass is 19.1. The second kappa shape index (κ2) is 36.8. The minimum atomic E-state index is -1.77. The van der Waals surface area contributed by atoms with Crippen LogP contribution in [0.1, 0.15) is 107 Å². The number of aryl methyl sites for hydroxylation is 1. The number of nitrogens with one attached hydrogen (secondary N) is 3. The maximum absolute atomic E-state index is 14.2. The number of carbonyl (C=O) groups excluding carboxylic acids is 3. The van der Waals surface area contributed by atoms with Gasteiger partial charge in [0.1, 0.15) is 51.8 Å². The first-order valence-corrected chi connectivity index (χ1v) is 34.9. The third-order valence-electron chi connectivity index (χ3n) is 19.2. The lowest BCUT2D eigenvalue weighted by molar-refractivity contribution is -0.121. The topological polar surface area (TPSA) is 313 Å². The quantitative estimate of drug-likeness (QED) is 0.0229. The van der Waals surface area contributed by atoms with Gasteiger partial charge in [-0.15, -0.1) is 0 Å². The van der Waals surface area contributed by atoms with Gasteiger partial charge in [0.2, 0.25) is 17.7 Å². The molecule has 3 amide bonds. The number of ether oxygens (including phenoxy) is 8. The third-order valence-corrected chi connectivity index (χ3v) is 19.2. The Hall–Kier alpha value is -12.0. The number of halogens is 1. The average molecular weight is 1490 g/mol. The molecule has 0 saturated heterocycles. The van der Waals surface area contributed by atoms with Crippen LogP contribution in [-0.4, -0.2) is 141 Å². The fraction of sp³-hybridized carbons (Fsp3) is 0.217. The summed E-state index contributed by atoms with van der Waals surface area (Å²) in [7, 11) is 8.62. The largest absolute Gasteiger partial charge is 0.497 e. The maximum Gasteiger partial charge on any atom is 0.496 e. The van der Waals surface area contributed by atoms with Crippen LogP contribution in [0.4, 0.5) is 4.39 Å². The molecule has 3 aromatic heterocycles. The highest BCUT2D eigenvalue weighted by Crippen LogP contribution is 2.48. The number of fused-ring (bicyclic) bond motifs is 3. The van der Waals surface area contributed by atoms with Crippen molar-refractivity contribution in [2.75, 3.05) is 56.9 Å². The minimum absolute atomic E-state index is 0.0739. The molecule has 23 nitrogen and oxygen atoms in total. The molecule has 3 aliphatic carbocycles. The smallest absolute Gasteiger partial charge is 0.496 e. The summed E-state index contributed by atoms with van der Waals surface area (Å²) in [6.45, 7) is 7.08. The Labute approximate surface area is 638 Å². The molecule has 110 heavy (non-hydrogen) atoms. The van der Waals surface area contributed by atoms with Crippen molar-refractivity contribution in [1.82, 2.24) is 30.5 Å². The number of pyridine rings is 2. The first kappa shape index (κ1) is 80.6. The van der Waals surface area contributed by atoms with Crippen molar-refractivity contribution in [2.45, 2.75) is 59.7 Å². The van der Waals surface area contributed by atoms with Crippen molar-refractivity contribution in [3.63, 3.8) is 0 Å². The summed E-state index contributed by atoms with van der Waals surface area (Å²) in [5.74, 6) is 2.37. The van der Waals surface area contributed by atoms with E-state index in [1.807, 2.05) is 124 Å².